The van der Waals surface area contributed by atoms with Crippen LogP contribution in [-0.4, -0.2) is 42.8 Å². The maximum atomic E-state index is 11.4. The van der Waals surface area contributed by atoms with Crippen molar-refractivity contribution in [1.29, 1.82) is 0 Å². The summed E-state index contributed by atoms with van der Waals surface area (Å²) >= 11 is 0. The number of carbonyl (C=O) groups is 2. The van der Waals surface area contributed by atoms with E-state index >= 15 is 0 Å². The van der Waals surface area contributed by atoms with Crippen molar-refractivity contribution in [2.24, 2.45) is 5.73 Å². The fraction of sp³-hybridized carbons (Fsp3) is 0.818. The van der Waals surface area contributed by atoms with Crippen molar-refractivity contribution in [1.82, 2.24) is 5.32 Å². The minimum Gasteiger partial charge on any atom is -0.481 e. The third-order valence-electron chi connectivity index (χ3n) is 2.37. The molecule has 0 aromatic carbocycles. The molecule has 17 heavy (non-hydrogen) atoms. The van der Waals surface area contributed by atoms with E-state index < -0.39 is 12.1 Å². The van der Waals surface area contributed by atoms with Gasteiger partial charge in [0.15, 0.2) is 0 Å². The molecule has 4 N–H and O–H groups in total. The number of amides is 1. The number of methoxy groups -OCH3 is 1. The predicted octanol–water partition coefficient (Wildman–Crippen LogP) is 0.110. The Hall–Kier alpha value is -1.14. The Morgan fingerprint density at radius 2 is 2.06 bits per heavy atom. The molecule has 2 atom stereocenters. The number of ether oxygens (including phenoxy) is 1. The van der Waals surface area contributed by atoms with E-state index in [4.69, 9.17) is 15.6 Å². The Balaban J connectivity index is 3.84. The van der Waals surface area contributed by atoms with Gasteiger partial charge in [0, 0.05) is 26.1 Å². The first kappa shape index (κ1) is 15.9. The highest BCUT2D eigenvalue weighted by atomic mass is 16.5. The largest absolute Gasteiger partial charge is 0.481 e. The minimum atomic E-state index is -0.950. The van der Waals surface area contributed by atoms with E-state index in [1.165, 1.54) is 7.11 Å². The van der Waals surface area contributed by atoms with Crippen molar-refractivity contribution in [3.05, 3.63) is 0 Å². The molecule has 0 radical (unpaired) electrons. The smallest absolute Gasteiger partial charge is 0.306 e. The molecular formula is C11H22N2O4. The van der Waals surface area contributed by atoms with Gasteiger partial charge >= 0.3 is 5.97 Å². The van der Waals surface area contributed by atoms with E-state index in [0.717, 1.165) is 12.8 Å². The van der Waals surface area contributed by atoms with E-state index in [-0.39, 0.29) is 31.3 Å². The second-order valence-corrected chi connectivity index (χ2v) is 4.01. The van der Waals surface area contributed by atoms with Crippen LogP contribution in [0.2, 0.25) is 0 Å². The summed E-state index contributed by atoms with van der Waals surface area (Å²) in [4.78, 5) is 21.9. The number of carboxylic acids is 1. The Bertz CT molecular complexity index is 246. The number of aliphatic carboxylic acids is 1. The number of hydrogen-bond donors (Lipinski definition) is 3. The predicted molar refractivity (Wildman–Crippen MR) is 63.6 cm³/mol. The number of hydrogen-bond acceptors (Lipinski definition) is 4. The molecule has 100 valence electrons. The number of carbonyl (C=O) groups excluding carboxylic acids is 1. The molecule has 6 nitrogen and oxygen atoms in total. The molecule has 0 rings (SSSR count). The zero-order valence-electron chi connectivity index (χ0n) is 10.4. The quantitative estimate of drug-likeness (QED) is 0.536. The lowest BCUT2D eigenvalue weighted by atomic mass is 10.1. The van der Waals surface area contributed by atoms with Crippen molar-refractivity contribution in [2.45, 2.75) is 44.8 Å². The van der Waals surface area contributed by atoms with Gasteiger partial charge in [0.05, 0.1) is 12.5 Å². The van der Waals surface area contributed by atoms with Crippen LogP contribution in [-0.2, 0) is 14.3 Å². The van der Waals surface area contributed by atoms with Crippen molar-refractivity contribution in [3.63, 3.8) is 0 Å². The molecule has 6 heteroatoms. The summed E-state index contributed by atoms with van der Waals surface area (Å²) in [5.41, 5.74) is 5.72. The van der Waals surface area contributed by atoms with Crippen LogP contribution in [0.4, 0.5) is 0 Å². The Labute approximate surface area is 102 Å². The fourth-order valence-electron chi connectivity index (χ4n) is 1.44. The Morgan fingerprint density at radius 1 is 1.41 bits per heavy atom. The summed E-state index contributed by atoms with van der Waals surface area (Å²) in [6.45, 7) is 2.20. The van der Waals surface area contributed by atoms with Crippen molar-refractivity contribution >= 4 is 11.9 Å². The normalized spacial score (nSPS) is 14.1. The van der Waals surface area contributed by atoms with E-state index in [1.807, 2.05) is 6.92 Å². The van der Waals surface area contributed by atoms with Crippen LogP contribution in [0.1, 0.15) is 32.6 Å². The monoisotopic (exact) mass is 246 g/mol. The van der Waals surface area contributed by atoms with Gasteiger partial charge in [-0.3, -0.25) is 9.59 Å². The standard InChI is InChI=1S/C11H22N2O4/c1-3-4-8(12)5-10(14)13-7-9(17-2)6-11(15)16/h8-9H,3-7,12H2,1-2H3,(H,13,14)(H,15,16). The molecule has 0 aliphatic heterocycles. The van der Waals surface area contributed by atoms with Crippen LogP contribution in [0.3, 0.4) is 0 Å². The molecular weight excluding hydrogens is 224 g/mol. The molecule has 0 aliphatic rings. The average Bonchev–Trinajstić information content (AvgIpc) is 2.23. The summed E-state index contributed by atoms with van der Waals surface area (Å²) in [5.74, 6) is -1.12. The summed E-state index contributed by atoms with van der Waals surface area (Å²) < 4.78 is 4.94. The molecule has 0 saturated heterocycles. The maximum Gasteiger partial charge on any atom is 0.306 e. The molecule has 0 saturated carbocycles. The second kappa shape index (κ2) is 8.95. The summed E-state index contributed by atoms with van der Waals surface area (Å²) in [5, 5.41) is 11.2. The summed E-state index contributed by atoms with van der Waals surface area (Å²) in [7, 11) is 1.42. The lowest BCUT2D eigenvalue weighted by Gasteiger charge is -2.15. The first-order valence-corrected chi connectivity index (χ1v) is 5.76. The van der Waals surface area contributed by atoms with Gasteiger partial charge in [-0.25, -0.2) is 0 Å². The van der Waals surface area contributed by atoms with Gasteiger partial charge in [0.25, 0.3) is 0 Å². The molecule has 0 spiro atoms. The average molecular weight is 246 g/mol. The molecule has 0 aromatic rings. The first-order valence-electron chi connectivity index (χ1n) is 5.76. The number of rotatable bonds is 9. The highest BCUT2D eigenvalue weighted by molar-refractivity contribution is 5.76. The molecule has 0 aliphatic carbocycles. The molecule has 1 amide bonds. The van der Waals surface area contributed by atoms with Gasteiger partial charge in [-0.1, -0.05) is 13.3 Å². The van der Waals surface area contributed by atoms with E-state index in [0.29, 0.717) is 0 Å². The third-order valence-corrected chi connectivity index (χ3v) is 2.37. The van der Waals surface area contributed by atoms with Crippen LogP contribution < -0.4 is 11.1 Å². The molecule has 0 fully saturated rings. The van der Waals surface area contributed by atoms with E-state index in [9.17, 15) is 9.59 Å². The van der Waals surface area contributed by atoms with Crippen LogP contribution in [0.5, 0.6) is 0 Å². The molecule has 0 aromatic heterocycles. The maximum absolute atomic E-state index is 11.4. The van der Waals surface area contributed by atoms with Crippen LogP contribution in [0, 0.1) is 0 Å². The van der Waals surface area contributed by atoms with Gasteiger partial charge in [-0.15, -0.1) is 0 Å². The summed E-state index contributed by atoms with van der Waals surface area (Å²) in [6, 6.07) is -0.138. The summed E-state index contributed by atoms with van der Waals surface area (Å²) in [6.07, 6.45) is 1.37. The molecule has 0 bridgehead atoms. The van der Waals surface area contributed by atoms with Crippen molar-refractivity contribution in [2.75, 3.05) is 13.7 Å². The molecule has 0 heterocycles. The van der Waals surface area contributed by atoms with E-state index in [1.54, 1.807) is 0 Å². The van der Waals surface area contributed by atoms with Gasteiger partial charge in [0.1, 0.15) is 0 Å². The van der Waals surface area contributed by atoms with Gasteiger partial charge in [-0.2, -0.15) is 0 Å². The highest BCUT2D eigenvalue weighted by Crippen LogP contribution is 1.99. The molecule has 2 unspecified atom stereocenters. The third kappa shape index (κ3) is 8.65. The lowest BCUT2D eigenvalue weighted by Crippen LogP contribution is -2.37. The van der Waals surface area contributed by atoms with E-state index in [2.05, 4.69) is 5.32 Å². The van der Waals surface area contributed by atoms with Gasteiger partial charge in [-0.05, 0) is 6.42 Å². The number of carboxylic acid groups (broad SMARTS) is 1. The topological polar surface area (TPSA) is 102 Å². The SMILES string of the molecule is CCCC(N)CC(=O)NCC(CC(=O)O)OC. The first-order chi connectivity index (χ1) is 7.99. The van der Waals surface area contributed by atoms with Gasteiger partial charge in [0.2, 0.25) is 5.91 Å². The van der Waals surface area contributed by atoms with Crippen LogP contribution in [0.15, 0.2) is 0 Å². The Kier molecular flexibility index (Phi) is 8.35. The van der Waals surface area contributed by atoms with Crippen molar-refractivity contribution in [3.8, 4) is 0 Å². The highest BCUT2D eigenvalue weighted by Gasteiger charge is 2.14. The second-order valence-electron chi connectivity index (χ2n) is 4.01. The fourth-order valence-corrected chi connectivity index (χ4v) is 1.44. The Morgan fingerprint density at radius 3 is 2.53 bits per heavy atom. The van der Waals surface area contributed by atoms with Crippen LogP contribution >= 0.6 is 0 Å². The van der Waals surface area contributed by atoms with Crippen molar-refractivity contribution < 1.29 is 19.4 Å². The number of nitrogens with one attached hydrogen (secondary N) is 1. The van der Waals surface area contributed by atoms with Crippen LogP contribution in [0.25, 0.3) is 0 Å². The number of nitrogens with two attached hydrogens (primary N) is 1. The minimum absolute atomic E-state index is 0.127. The van der Waals surface area contributed by atoms with Gasteiger partial charge < -0.3 is 20.9 Å². The lowest BCUT2D eigenvalue weighted by molar-refractivity contribution is -0.140. The zero-order valence-corrected chi connectivity index (χ0v) is 10.4. The zero-order chi connectivity index (χ0) is 13.3.